The number of imide groups is 1. The molecule has 0 spiro atoms. The molecular formula is C15H17NO3S. The zero-order chi connectivity index (χ0) is 14.5. The summed E-state index contributed by atoms with van der Waals surface area (Å²) in [5.74, 6) is -0.0426. The fourth-order valence-electron chi connectivity index (χ4n) is 1.93. The summed E-state index contributed by atoms with van der Waals surface area (Å²) in [6, 6.07) is 6.52. The monoisotopic (exact) mass is 291 g/mol. The zero-order valence-corrected chi connectivity index (χ0v) is 12.2. The van der Waals surface area contributed by atoms with Gasteiger partial charge in [-0.25, -0.2) is 0 Å². The number of benzene rings is 1. The Balaban J connectivity index is 2.09. The van der Waals surface area contributed by atoms with Crippen LogP contribution in [0.3, 0.4) is 0 Å². The van der Waals surface area contributed by atoms with Gasteiger partial charge in [0.25, 0.3) is 11.1 Å². The van der Waals surface area contributed by atoms with Crippen molar-refractivity contribution in [2.45, 2.75) is 26.2 Å². The van der Waals surface area contributed by atoms with Crippen molar-refractivity contribution >= 4 is 29.0 Å². The number of amides is 2. The van der Waals surface area contributed by atoms with E-state index < -0.39 is 0 Å². The Hall–Kier alpha value is -1.75. The van der Waals surface area contributed by atoms with E-state index in [0.29, 0.717) is 11.4 Å². The number of carbonyl (C=O) groups excluding carboxylic acids is 2. The Morgan fingerprint density at radius 1 is 1.20 bits per heavy atom. The topological polar surface area (TPSA) is 57.6 Å². The minimum atomic E-state index is -0.218. The number of aromatic hydroxyl groups is 1. The van der Waals surface area contributed by atoms with E-state index in [0.717, 1.165) is 36.6 Å². The highest BCUT2D eigenvalue weighted by Gasteiger charge is 2.34. The predicted molar refractivity (Wildman–Crippen MR) is 80.3 cm³/mol. The molecule has 1 aliphatic heterocycles. The number of unbranched alkanes of at least 4 members (excludes halogenated alkanes) is 2. The Morgan fingerprint density at radius 2 is 1.90 bits per heavy atom. The van der Waals surface area contributed by atoms with Crippen molar-refractivity contribution in [3.63, 3.8) is 0 Å². The summed E-state index contributed by atoms with van der Waals surface area (Å²) in [6.45, 7) is 2.57. The van der Waals surface area contributed by atoms with Crippen LogP contribution >= 0.6 is 11.8 Å². The van der Waals surface area contributed by atoms with Gasteiger partial charge in [-0.1, -0.05) is 31.9 Å². The maximum Gasteiger partial charge on any atom is 0.293 e. The molecule has 1 aromatic carbocycles. The highest BCUT2D eigenvalue weighted by atomic mass is 32.2. The van der Waals surface area contributed by atoms with Crippen LogP contribution in [-0.2, 0) is 4.79 Å². The molecule has 4 nitrogen and oxygen atoms in total. The van der Waals surface area contributed by atoms with Crippen LogP contribution in [0.25, 0.3) is 6.08 Å². The van der Waals surface area contributed by atoms with Crippen molar-refractivity contribution in [1.82, 2.24) is 4.90 Å². The molecule has 0 bridgehead atoms. The van der Waals surface area contributed by atoms with Gasteiger partial charge in [0.2, 0.25) is 0 Å². The normalized spacial score (nSPS) is 17.2. The van der Waals surface area contributed by atoms with Gasteiger partial charge in [0.1, 0.15) is 5.75 Å². The lowest BCUT2D eigenvalue weighted by Crippen LogP contribution is -2.29. The lowest BCUT2D eigenvalue weighted by atomic mass is 10.2. The largest absolute Gasteiger partial charge is 0.508 e. The number of phenolic OH excluding ortho intramolecular Hbond substituents is 1. The number of hydrogen-bond acceptors (Lipinski definition) is 4. The zero-order valence-electron chi connectivity index (χ0n) is 11.3. The molecule has 2 rings (SSSR count). The van der Waals surface area contributed by atoms with E-state index in [1.54, 1.807) is 30.3 Å². The van der Waals surface area contributed by atoms with E-state index in [9.17, 15) is 14.7 Å². The molecule has 0 aliphatic carbocycles. The molecule has 0 radical (unpaired) electrons. The molecule has 0 saturated carbocycles. The second-order valence-electron chi connectivity index (χ2n) is 4.63. The van der Waals surface area contributed by atoms with Crippen LogP contribution in [-0.4, -0.2) is 27.7 Å². The third-order valence-corrected chi connectivity index (χ3v) is 3.96. The van der Waals surface area contributed by atoms with Crippen LogP contribution in [0, 0.1) is 0 Å². The van der Waals surface area contributed by atoms with E-state index in [4.69, 9.17) is 0 Å². The first-order valence-corrected chi connectivity index (χ1v) is 7.48. The van der Waals surface area contributed by atoms with Crippen LogP contribution in [0.4, 0.5) is 4.79 Å². The van der Waals surface area contributed by atoms with Gasteiger partial charge in [-0.05, 0) is 42.0 Å². The SMILES string of the molecule is CCCCCN1C(=O)S/C(=C\c2ccc(O)cc2)C1=O. The molecule has 5 heteroatoms. The van der Waals surface area contributed by atoms with Gasteiger partial charge in [-0.3, -0.25) is 14.5 Å². The second kappa shape index (κ2) is 6.61. The highest BCUT2D eigenvalue weighted by molar-refractivity contribution is 8.18. The molecule has 1 N–H and O–H groups in total. The molecule has 0 atom stereocenters. The minimum Gasteiger partial charge on any atom is -0.508 e. The van der Waals surface area contributed by atoms with Crippen LogP contribution in [0.15, 0.2) is 29.2 Å². The van der Waals surface area contributed by atoms with E-state index in [2.05, 4.69) is 6.92 Å². The van der Waals surface area contributed by atoms with Gasteiger partial charge < -0.3 is 5.11 Å². The van der Waals surface area contributed by atoms with Crippen molar-refractivity contribution < 1.29 is 14.7 Å². The number of carbonyl (C=O) groups is 2. The lowest BCUT2D eigenvalue weighted by Gasteiger charge is -2.11. The van der Waals surface area contributed by atoms with Crippen LogP contribution in [0.5, 0.6) is 5.75 Å². The summed E-state index contributed by atoms with van der Waals surface area (Å²) in [6.07, 6.45) is 4.60. The van der Waals surface area contributed by atoms with E-state index >= 15 is 0 Å². The third-order valence-electron chi connectivity index (χ3n) is 3.05. The summed E-state index contributed by atoms with van der Waals surface area (Å²) in [7, 11) is 0. The average Bonchev–Trinajstić information content (AvgIpc) is 2.69. The van der Waals surface area contributed by atoms with Gasteiger partial charge in [-0.15, -0.1) is 0 Å². The number of thioether (sulfide) groups is 1. The van der Waals surface area contributed by atoms with Crippen molar-refractivity contribution in [1.29, 1.82) is 0 Å². The molecule has 0 unspecified atom stereocenters. The molecule has 106 valence electrons. The molecule has 1 fully saturated rings. The summed E-state index contributed by atoms with van der Waals surface area (Å²) in [5, 5.41) is 9.02. The molecule has 1 saturated heterocycles. The minimum absolute atomic E-state index is 0.176. The Morgan fingerprint density at radius 3 is 2.55 bits per heavy atom. The Bertz CT molecular complexity index is 537. The molecule has 2 amide bonds. The van der Waals surface area contributed by atoms with Gasteiger partial charge >= 0.3 is 0 Å². The van der Waals surface area contributed by atoms with Crippen molar-refractivity contribution in [2.75, 3.05) is 6.54 Å². The number of rotatable bonds is 5. The molecule has 20 heavy (non-hydrogen) atoms. The fraction of sp³-hybridized carbons (Fsp3) is 0.333. The van der Waals surface area contributed by atoms with E-state index in [-0.39, 0.29) is 16.9 Å². The van der Waals surface area contributed by atoms with Gasteiger partial charge in [0, 0.05) is 6.54 Å². The smallest absolute Gasteiger partial charge is 0.293 e. The molecule has 1 heterocycles. The summed E-state index contributed by atoms with van der Waals surface area (Å²) in [5.41, 5.74) is 0.793. The van der Waals surface area contributed by atoms with Crippen LogP contribution in [0.2, 0.25) is 0 Å². The second-order valence-corrected chi connectivity index (χ2v) is 5.63. The van der Waals surface area contributed by atoms with E-state index in [1.165, 1.54) is 4.90 Å². The van der Waals surface area contributed by atoms with Gasteiger partial charge in [-0.2, -0.15) is 0 Å². The van der Waals surface area contributed by atoms with Crippen LogP contribution < -0.4 is 0 Å². The van der Waals surface area contributed by atoms with Gasteiger partial charge in [0.15, 0.2) is 0 Å². The molecule has 1 aromatic rings. The third kappa shape index (κ3) is 3.42. The van der Waals surface area contributed by atoms with Crippen molar-refractivity contribution in [3.05, 3.63) is 34.7 Å². The molecule has 1 aliphatic rings. The summed E-state index contributed by atoms with van der Waals surface area (Å²) < 4.78 is 0. The molecular weight excluding hydrogens is 274 g/mol. The average molecular weight is 291 g/mol. The van der Waals surface area contributed by atoms with Gasteiger partial charge in [0.05, 0.1) is 4.91 Å². The van der Waals surface area contributed by atoms with Crippen molar-refractivity contribution in [2.24, 2.45) is 0 Å². The maximum atomic E-state index is 12.1. The van der Waals surface area contributed by atoms with Crippen molar-refractivity contribution in [3.8, 4) is 5.75 Å². The Labute approximate surface area is 122 Å². The quantitative estimate of drug-likeness (QED) is 0.665. The lowest BCUT2D eigenvalue weighted by molar-refractivity contribution is -0.122. The first-order valence-electron chi connectivity index (χ1n) is 6.66. The standard InChI is InChI=1S/C15H17NO3S/c1-2-3-4-9-16-14(18)13(20-15(16)19)10-11-5-7-12(17)8-6-11/h5-8,10,17H,2-4,9H2,1H3/b13-10-. The summed E-state index contributed by atoms with van der Waals surface area (Å²) in [4.78, 5) is 25.7. The predicted octanol–water partition coefficient (Wildman–Crippen LogP) is 3.62. The molecule has 0 aromatic heterocycles. The summed E-state index contributed by atoms with van der Waals surface area (Å²) >= 11 is 0.975. The fourth-order valence-corrected chi connectivity index (χ4v) is 2.80. The highest BCUT2D eigenvalue weighted by Crippen LogP contribution is 2.32. The number of phenols is 1. The first-order chi connectivity index (χ1) is 9.61. The number of nitrogens with zero attached hydrogens (tertiary/aromatic N) is 1. The maximum absolute atomic E-state index is 12.1. The first kappa shape index (κ1) is 14.7. The number of hydrogen-bond donors (Lipinski definition) is 1. The van der Waals surface area contributed by atoms with Crippen LogP contribution in [0.1, 0.15) is 31.7 Å². The van der Waals surface area contributed by atoms with E-state index in [1.807, 2.05) is 0 Å². The Kier molecular flexibility index (Phi) is 4.84.